The van der Waals surface area contributed by atoms with Gasteiger partial charge >= 0.3 is 0 Å². The number of rotatable bonds is 9. The monoisotopic (exact) mass is 500 g/mol. The fourth-order valence-corrected chi connectivity index (χ4v) is 4.68. The Morgan fingerprint density at radius 1 is 1.03 bits per heavy atom. The van der Waals surface area contributed by atoms with Gasteiger partial charge in [-0.05, 0) is 73.0 Å². The van der Waals surface area contributed by atoms with Crippen molar-refractivity contribution in [3.8, 4) is 5.75 Å². The molecule has 0 unspecified atom stereocenters. The minimum absolute atomic E-state index is 0.0322. The third-order valence-corrected chi connectivity index (χ3v) is 7.44. The predicted molar refractivity (Wildman–Crippen MR) is 136 cm³/mol. The molecule has 3 rings (SSSR count). The fraction of sp³-hybridized carbons (Fsp3) is 0.269. The Balaban J connectivity index is 1.83. The maximum Gasteiger partial charge on any atom is 0.255 e. The number of halogens is 1. The van der Waals surface area contributed by atoms with E-state index in [1.807, 2.05) is 31.2 Å². The van der Waals surface area contributed by atoms with Crippen LogP contribution in [0.4, 0.5) is 5.69 Å². The first-order valence-electron chi connectivity index (χ1n) is 11.0. The van der Waals surface area contributed by atoms with Gasteiger partial charge in [0.1, 0.15) is 5.75 Å². The van der Waals surface area contributed by atoms with Gasteiger partial charge in [0, 0.05) is 35.4 Å². The molecule has 1 N–H and O–H groups in total. The number of amides is 1. The number of hydrogen-bond donors (Lipinski definition) is 1. The molecule has 0 spiro atoms. The first-order chi connectivity index (χ1) is 16.1. The van der Waals surface area contributed by atoms with E-state index in [2.05, 4.69) is 19.2 Å². The second-order valence-corrected chi connectivity index (χ2v) is 10.7. The number of nitrogens with zero attached hydrogens (tertiary/aromatic N) is 1. The summed E-state index contributed by atoms with van der Waals surface area (Å²) in [7, 11) is -2.27. The predicted octanol–water partition coefficient (Wildman–Crippen LogP) is 5.94. The number of ether oxygens (including phenoxy) is 1. The molecule has 0 saturated carbocycles. The third kappa shape index (κ3) is 6.17. The summed E-state index contributed by atoms with van der Waals surface area (Å²) in [5.74, 6) is 0.642. The number of anilines is 1. The minimum Gasteiger partial charge on any atom is -0.494 e. The zero-order chi connectivity index (χ0) is 24.9. The standard InChI is InChI=1S/C26H29ClN2O4S/c1-5-33-25-15-8-20(26(30)28-23-11-6-19(7-12-23)18(2)3)16-21(25)17-29(4)34(31,32)24-13-9-22(27)10-14-24/h6-16,18H,5,17H2,1-4H3,(H,28,30). The Bertz CT molecular complexity index is 1240. The molecule has 1 amide bonds. The molecule has 180 valence electrons. The summed E-state index contributed by atoms with van der Waals surface area (Å²) in [6.45, 7) is 6.51. The number of hydrogen-bond acceptors (Lipinski definition) is 4. The minimum atomic E-state index is -3.76. The van der Waals surface area contributed by atoms with Gasteiger partial charge in [0.2, 0.25) is 10.0 Å². The van der Waals surface area contributed by atoms with Gasteiger partial charge in [-0.3, -0.25) is 4.79 Å². The van der Waals surface area contributed by atoms with Gasteiger partial charge in [0.25, 0.3) is 5.91 Å². The van der Waals surface area contributed by atoms with Crippen LogP contribution in [0, 0.1) is 0 Å². The van der Waals surface area contributed by atoms with E-state index in [4.69, 9.17) is 16.3 Å². The zero-order valence-corrected chi connectivity index (χ0v) is 21.3. The molecule has 0 aliphatic rings. The fourth-order valence-electron chi connectivity index (χ4n) is 3.41. The summed E-state index contributed by atoms with van der Waals surface area (Å²) in [5, 5.41) is 3.35. The Morgan fingerprint density at radius 2 is 1.68 bits per heavy atom. The third-order valence-electron chi connectivity index (χ3n) is 5.37. The summed E-state index contributed by atoms with van der Waals surface area (Å²) < 4.78 is 32.9. The Morgan fingerprint density at radius 3 is 2.26 bits per heavy atom. The molecular formula is C26H29ClN2O4S. The second kappa shape index (κ2) is 11.0. The SMILES string of the molecule is CCOc1ccc(C(=O)Nc2ccc(C(C)C)cc2)cc1CN(C)S(=O)(=O)c1ccc(Cl)cc1. The lowest BCUT2D eigenvalue weighted by Crippen LogP contribution is -2.27. The van der Waals surface area contributed by atoms with Crippen LogP contribution >= 0.6 is 11.6 Å². The van der Waals surface area contributed by atoms with E-state index in [1.54, 1.807) is 18.2 Å². The van der Waals surface area contributed by atoms with Gasteiger partial charge in [0.15, 0.2) is 0 Å². The maximum atomic E-state index is 13.0. The normalized spacial score (nSPS) is 11.6. The quantitative estimate of drug-likeness (QED) is 0.394. The van der Waals surface area contributed by atoms with Crippen molar-refractivity contribution in [2.45, 2.75) is 38.1 Å². The van der Waals surface area contributed by atoms with E-state index in [-0.39, 0.29) is 17.3 Å². The van der Waals surface area contributed by atoms with Crippen LogP contribution in [-0.2, 0) is 16.6 Å². The average Bonchev–Trinajstić information content (AvgIpc) is 2.80. The number of carbonyl (C=O) groups excluding carboxylic acids is 1. The van der Waals surface area contributed by atoms with Gasteiger partial charge in [0.05, 0.1) is 11.5 Å². The molecule has 0 atom stereocenters. The Kier molecular flexibility index (Phi) is 8.36. The topological polar surface area (TPSA) is 75.7 Å². The molecule has 3 aromatic carbocycles. The zero-order valence-electron chi connectivity index (χ0n) is 19.7. The molecule has 3 aromatic rings. The summed E-state index contributed by atoms with van der Waals surface area (Å²) in [6, 6.07) is 18.7. The Labute approximate surface area is 206 Å². The molecule has 0 aromatic heterocycles. The molecule has 8 heteroatoms. The van der Waals surface area contributed by atoms with Crippen molar-refractivity contribution >= 4 is 33.2 Å². The van der Waals surface area contributed by atoms with Crippen LogP contribution in [0.1, 0.15) is 48.2 Å². The molecule has 0 radical (unpaired) electrons. The van der Waals surface area contributed by atoms with Gasteiger partial charge < -0.3 is 10.1 Å². The molecule has 0 aliphatic carbocycles. The molecule has 0 heterocycles. The van der Waals surface area contributed by atoms with E-state index in [9.17, 15) is 13.2 Å². The summed E-state index contributed by atoms with van der Waals surface area (Å²) in [4.78, 5) is 13.0. The maximum absolute atomic E-state index is 13.0. The molecule has 0 bridgehead atoms. The van der Waals surface area contributed by atoms with Crippen LogP contribution in [0.15, 0.2) is 71.6 Å². The molecule has 34 heavy (non-hydrogen) atoms. The number of nitrogens with one attached hydrogen (secondary N) is 1. The molecule has 6 nitrogen and oxygen atoms in total. The van der Waals surface area contributed by atoms with Crippen molar-refractivity contribution in [1.29, 1.82) is 0 Å². The van der Waals surface area contributed by atoms with Crippen molar-refractivity contribution in [3.05, 3.63) is 88.4 Å². The van der Waals surface area contributed by atoms with Gasteiger partial charge in [-0.15, -0.1) is 0 Å². The van der Waals surface area contributed by atoms with E-state index < -0.39 is 10.0 Å². The second-order valence-electron chi connectivity index (χ2n) is 8.20. The largest absolute Gasteiger partial charge is 0.494 e. The number of benzene rings is 3. The summed E-state index contributed by atoms with van der Waals surface area (Å²) in [6.07, 6.45) is 0. The van der Waals surface area contributed by atoms with Crippen LogP contribution in [0.3, 0.4) is 0 Å². The van der Waals surface area contributed by atoms with Crippen molar-refractivity contribution < 1.29 is 17.9 Å². The lowest BCUT2D eigenvalue weighted by molar-refractivity contribution is 0.102. The average molecular weight is 501 g/mol. The van der Waals surface area contributed by atoms with E-state index in [0.717, 1.165) is 0 Å². The number of carbonyl (C=O) groups is 1. The first-order valence-corrected chi connectivity index (χ1v) is 12.8. The molecule has 0 aliphatic heterocycles. The smallest absolute Gasteiger partial charge is 0.255 e. The number of sulfonamides is 1. The highest BCUT2D eigenvalue weighted by Gasteiger charge is 2.23. The van der Waals surface area contributed by atoms with E-state index in [1.165, 1.54) is 41.2 Å². The molecular weight excluding hydrogens is 472 g/mol. The van der Waals surface area contributed by atoms with Crippen molar-refractivity contribution in [3.63, 3.8) is 0 Å². The Hall–Kier alpha value is -2.87. The van der Waals surface area contributed by atoms with Gasteiger partial charge in [-0.25, -0.2) is 8.42 Å². The van der Waals surface area contributed by atoms with Gasteiger partial charge in [-0.2, -0.15) is 4.31 Å². The summed E-state index contributed by atoms with van der Waals surface area (Å²) in [5.41, 5.74) is 2.87. The summed E-state index contributed by atoms with van der Waals surface area (Å²) >= 11 is 5.89. The van der Waals surface area contributed by atoms with E-state index >= 15 is 0 Å². The van der Waals surface area contributed by atoms with Crippen LogP contribution in [-0.4, -0.2) is 32.3 Å². The van der Waals surface area contributed by atoms with Crippen LogP contribution in [0.2, 0.25) is 5.02 Å². The molecule has 0 saturated heterocycles. The molecule has 0 fully saturated rings. The van der Waals surface area contributed by atoms with Crippen LogP contribution in [0.25, 0.3) is 0 Å². The van der Waals surface area contributed by atoms with E-state index in [0.29, 0.717) is 40.1 Å². The van der Waals surface area contributed by atoms with Gasteiger partial charge in [-0.1, -0.05) is 37.6 Å². The van der Waals surface area contributed by atoms with Crippen molar-refractivity contribution in [1.82, 2.24) is 4.31 Å². The highest BCUT2D eigenvalue weighted by Crippen LogP contribution is 2.26. The van der Waals surface area contributed by atoms with Crippen LogP contribution in [0.5, 0.6) is 5.75 Å². The van der Waals surface area contributed by atoms with Crippen molar-refractivity contribution in [2.24, 2.45) is 0 Å². The lowest BCUT2D eigenvalue weighted by Gasteiger charge is -2.20. The highest BCUT2D eigenvalue weighted by molar-refractivity contribution is 7.89. The van der Waals surface area contributed by atoms with Crippen LogP contribution < -0.4 is 10.1 Å². The lowest BCUT2D eigenvalue weighted by atomic mass is 10.0. The van der Waals surface area contributed by atoms with Crippen molar-refractivity contribution in [2.75, 3.05) is 19.0 Å². The first kappa shape index (κ1) is 25.7. The highest BCUT2D eigenvalue weighted by atomic mass is 35.5.